The van der Waals surface area contributed by atoms with E-state index in [0.29, 0.717) is 0 Å². The summed E-state index contributed by atoms with van der Waals surface area (Å²) in [5.74, 6) is 0.123. The Hall–Kier alpha value is -1.10. The number of rotatable bonds is 1. The van der Waals surface area contributed by atoms with Gasteiger partial charge in [-0.15, -0.1) is 23.7 Å². The highest BCUT2D eigenvalue weighted by Crippen LogP contribution is 2.29. The molecule has 3 nitrogen and oxygen atoms in total. The van der Waals surface area contributed by atoms with Crippen LogP contribution in [0.1, 0.15) is 30.6 Å². The molecule has 0 radical (unpaired) electrons. The third-order valence-electron chi connectivity index (χ3n) is 4.30. The first-order valence-corrected chi connectivity index (χ1v) is 7.87. The van der Waals surface area contributed by atoms with Gasteiger partial charge < -0.3 is 10.6 Å². The van der Waals surface area contributed by atoms with Crippen LogP contribution in [0.25, 0.3) is 10.1 Å². The highest BCUT2D eigenvalue weighted by Gasteiger charge is 2.35. The van der Waals surface area contributed by atoms with Crippen LogP contribution in [0.2, 0.25) is 0 Å². The highest BCUT2D eigenvalue weighted by atomic mass is 35.5. The number of halogens is 1. The lowest BCUT2D eigenvalue weighted by molar-refractivity contribution is 0.0533. The van der Waals surface area contributed by atoms with Crippen molar-refractivity contribution in [2.45, 2.75) is 26.3 Å². The number of hydrogen-bond acceptors (Lipinski definition) is 3. The summed E-state index contributed by atoms with van der Waals surface area (Å²) in [5, 5.41) is 3.20. The van der Waals surface area contributed by atoms with Gasteiger partial charge in [-0.1, -0.05) is 13.8 Å². The van der Waals surface area contributed by atoms with Crippen molar-refractivity contribution in [2.75, 3.05) is 13.1 Å². The topological polar surface area (TPSA) is 46.3 Å². The molecule has 0 bridgehead atoms. The second-order valence-corrected chi connectivity index (χ2v) is 7.23. The Labute approximate surface area is 135 Å². The van der Waals surface area contributed by atoms with Crippen LogP contribution in [-0.2, 0) is 0 Å². The Bertz CT molecular complexity index is 653. The SMILES string of the molecule is CC1(C)CN(C(=O)c2ccc3sccc3c2)CCC1N.Cl. The lowest BCUT2D eigenvalue weighted by Crippen LogP contribution is -2.53. The van der Waals surface area contributed by atoms with Gasteiger partial charge in [0.1, 0.15) is 0 Å². The Morgan fingerprint density at radius 2 is 2.14 bits per heavy atom. The first-order valence-electron chi connectivity index (χ1n) is 6.99. The van der Waals surface area contributed by atoms with Crippen molar-refractivity contribution in [3.8, 4) is 0 Å². The molecule has 0 aliphatic carbocycles. The zero-order chi connectivity index (χ0) is 14.3. The number of piperidine rings is 1. The Kier molecular flexibility index (Phi) is 4.61. The molecule has 0 saturated carbocycles. The predicted molar refractivity (Wildman–Crippen MR) is 91.3 cm³/mol. The van der Waals surface area contributed by atoms with Crippen LogP contribution < -0.4 is 5.73 Å². The van der Waals surface area contributed by atoms with E-state index in [-0.39, 0.29) is 29.8 Å². The van der Waals surface area contributed by atoms with Gasteiger partial charge in [0.25, 0.3) is 5.91 Å². The normalized spacial score (nSPS) is 21.1. The van der Waals surface area contributed by atoms with E-state index in [1.165, 1.54) is 4.70 Å². The number of nitrogens with zero attached hydrogens (tertiary/aromatic N) is 1. The maximum Gasteiger partial charge on any atom is 0.253 e. The standard InChI is InChI=1S/C16H20N2OS.ClH/c1-16(2)10-18(7-5-14(16)17)15(19)12-3-4-13-11(9-12)6-8-20-13;/h3-4,6,8-9,14H,5,7,10,17H2,1-2H3;1H. The fourth-order valence-corrected chi connectivity index (χ4v) is 3.60. The molecule has 1 aliphatic heterocycles. The Morgan fingerprint density at radius 1 is 1.38 bits per heavy atom. The zero-order valence-electron chi connectivity index (χ0n) is 12.3. The van der Waals surface area contributed by atoms with Crippen molar-refractivity contribution < 1.29 is 4.79 Å². The predicted octanol–water partition coefficient (Wildman–Crippen LogP) is 3.52. The molecule has 1 saturated heterocycles. The van der Waals surface area contributed by atoms with E-state index in [9.17, 15) is 4.79 Å². The molecule has 2 heterocycles. The molecule has 5 heteroatoms. The smallest absolute Gasteiger partial charge is 0.253 e. The largest absolute Gasteiger partial charge is 0.338 e. The van der Waals surface area contributed by atoms with E-state index < -0.39 is 0 Å². The number of amides is 1. The molecule has 1 aromatic heterocycles. The van der Waals surface area contributed by atoms with Gasteiger partial charge in [0.15, 0.2) is 0 Å². The lowest BCUT2D eigenvalue weighted by atomic mass is 9.79. The van der Waals surface area contributed by atoms with Crippen LogP contribution in [0.4, 0.5) is 0 Å². The fourth-order valence-electron chi connectivity index (χ4n) is 2.83. The number of benzene rings is 1. The number of carbonyl (C=O) groups excluding carboxylic acids is 1. The monoisotopic (exact) mass is 324 g/mol. The summed E-state index contributed by atoms with van der Waals surface area (Å²) >= 11 is 1.70. The molecule has 1 atom stereocenters. The first-order chi connectivity index (χ1) is 9.47. The van der Waals surface area contributed by atoms with Crippen molar-refractivity contribution >= 4 is 39.7 Å². The van der Waals surface area contributed by atoms with Crippen LogP contribution in [0.15, 0.2) is 29.6 Å². The summed E-state index contributed by atoms with van der Waals surface area (Å²) in [6.07, 6.45) is 0.874. The van der Waals surface area contributed by atoms with Gasteiger partial charge in [-0.2, -0.15) is 0 Å². The van der Waals surface area contributed by atoms with E-state index in [2.05, 4.69) is 25.3 Å². The maximum absolute atomic E-state index is 12.6. The van der Waals surface area contributed by atoms with Crippen LogP contribution in [0, 0.1) is 5.41 Å². The average Bonchev–Trinajstić information content (AvgIpc) is 2.88. The molecule has 1 fully saturated rings. The number of likely N-dealkylation sites (tertiary alicyclic amines) is 1. The minimum atomic E-state index is -0.0135. The van der Waals surface area contributed by atoms with E-state index in [1.807, 2.05) is 23.1 Å². The first kappa shape index (κ1) is 16.3. The van der Waals surface area contributed by atoms with Gasteiger partial charge >= 0.3 is 0 Å². The third kappa shape index (κ3) is 3.07. The van der Waals surface area contributed by atoms with Crippen molar-refractivity contribution in [1.82, 2.24) is 4.90 Å². The van der Waals surface area contributed by atoms with E-state index in [4.69, 9.17) is 5.73 Å². The highest BCUT2D eigenvalue weighted by molar-refractivity contribution is 7.17. The van der Waals surface area contributed by atoms with E-state index in [1.54, 1.807) is 11.3 Å². The minimum Gasteiger partial charge on any atom is -0.338 e. The fraction of sp³-hybridized carbons (Fsp3) is 0.438. The molecule has 2 aromatic rings. The molecule has 0 spiro atoms. The molecule has 1 aromatic carbocycles. The van der Waals surface area contributed by atoms with Crippen LogP contribution in [0.5, 0.6) is 0 Å². The summed E-state index contributed by atoms with van der Waals surface area (Å²) in [7, 11) is 0. The Balaban J connectivity index is 0.00000161. The molecule has 1 amide bonds. The van der Waals surface area contributed by atoms with Crippen molar-refractivity contribution in [3.63, 3.8) is 0 Å². The quantitative estimate of drug-likeness (QED) is 0.872. The van der Waals surface area contributed by atoms with Crippen molar-refractivity contribution in [2.24, 2.45) is 11.1 Å². The summed E-state index contributed by atoms with van der Waals surface area (Å²) in [6, 6.07) is 8.20. The maximum atomic E-state index is 12.6. The molecular formula is C16H21ClN2OS. The molecule has 1 unspecified atom stereocenters. The summed E-state index contributed by atoms with van der Waals surface area (Å²) in [5.41, 5.74) is 6.90. The molecule has 3 rings (SSSR count). The number of carbonyl (C=O) groups is 1. The summed E-state index contributed by atoms with van der Waals surface area (Å²) in [6.45, 7) is 5.76. The number of hydrogen-bond donors (Lipinski definition) is 1. The lowest BCUT2D eigenvalue weighted by Gasteiger charge is -2.42. The second-order valence-electron chi connectivity index (χ2n) is 6.28. The third-order valence-corrected chi connectivity index (χ3v) is 5.20. The molecule has 2 N–H and O–H groups in total. The van der Waals surface area contributed by atoms with Crippen molar-refractivity contribution in [1.29, 1.82) is 0 Å². The van der Waals surface area contributed by atoms with E-state index in [0.717, 1.165) is 30.5 Å². The summed E-state index contributed by atoms with van der Waals surface area (Å²) in [4.78, 5) is 14.6. The number of nitrogens with two attached hydrogens (primary N) is 1. The molecule has 21 heavy (non-hydrogen) atoms. The Morgan fingerprint density at radius 3 is 2.86 bits per heavy atom. The molecular weight excluding hydrogens is 304 g/mol. The van der Waals surface area contributed by atoms with Gasteiger partial charge in [-0.25, -0.2) is 0 Å². The van der Waals surface area contributed by atoms with E-state index >= 15 is 0 Å². The zero-order valence-corrected chi connectivity index (χ0v) is 14.0. The average molecular weight is 325 g/mol. The number of thiophene rings is 1. The van der Waals surface area contributed by atoms with Gasteiger partial charge in [-0.05, 0) is 46.9 Å². The summed E-state index contributed by atoms with van der Waals surface area (Å²) < 4.78 is 1.22. The van der Waals surface area contributed by atoms with Gasteiger partial charge in [0.2, 0.25) is 0 Å². The van der Waals surface area contributed by atoms with Crippen LogP contribution >= 0.6 is 23.7 Å². The van der Waals surface area contributed by atoms with Gasteiger partial charge in [0, 0.05) is 29.4 Å². The van der Waals surface area contributed by atoms with Gasteiger partial charge in [0.05, 0.1) is 0 Å². The van der Waals surface area contributed by atoms with Crippen LogP contribution in [-0.4, -0.2) is 29.9 Å². The van der Waals surface area contributed by atoms with Crippen molar-refractivity contribution in [3.05, 3.63) is 35.2 Å². The minimum absolute atomic E-state index is 0. The molecule has 114 valence electrons. The molecule has 1 aliphatic rings. The second kappa shape index (κ2) is 5.95. The van der Waals surface area contributed by atoms with Gasteiger partial charge in [-0.3, -0.25) is 4.79 Å². The number of fused-ring (bicyclic) bond motifs is 1. The van der Waals surface area contributed by atoms with Crippen LogP contribution in [0.3, 0.4) is 0 Å².